The van der Waals surface area contributed by atoms with Gasteiger partial charge in [-0.2, -0.15) is 0 Å². The summed E-state index contributed by atoms with van der Waals surface area (Å²) in [7, 11) is -3.63. The van der Waals surface area contributed by atoms with Gasteiger partial charge in [0, 0.05) is 35.1 Å². The number of aromatic nitrogens is 2. The lowest BCUT2D eigenvalue weighted by atomic mass is 10.3. The van der Waals surface area contributed by atoms with Gasteiger partial charge >= 0.3 is 0 Å². The molecule has 2 heterocycles. The van der Waals surface area contributed by atoms with Gasteiger partial charge in [-0.15, -0.1) is 0 Å². The summed E-state index contributed by atoms with van der Waals surface area (Å²) in [5.41, 5.74) is 0.813. The molecule has 0 amide bonds. The lowest BCUT2D eigenvalue weighted by molar-refractivity contribution is 0.582. The molecule has 0 radical (unpaired) electrons. The molecule has 0 bridgehead atoms. The van der Waals surface area contributed by atoms with Gasteiger partial charge in [-0.25, -0.2) is 13.4 Å². The third kappa shape index (κ3) is 4.55. The average Bonchev–Trinajstić information content (AvgIpc) is 2.88. The van der Waals surface area contributed by atoms with Gasteiger partial charge in [-0.3, -0.25) is 4.72 Å². The minimum Gasteiger partial charge on any atom is -0.363 e. The van der Waals surface area contributed by atoms with E-state index in [1.54, 1.807) is 18.2 Å². The second-order valence-electron chi connectivity index (χ2n) is 4.86. The Morgan fingerprint density at radius 2 is 2.14 bits per heavy atom. The number of sulfonamides is 1. The van der Waals surface area contributed by atoms with Gasteiger partial charge in [0.1, 0.15) is 10.7 Å². The molecule has 2 rings (SSSR count). The van der Waals surface area contributed by atoms with E-state index in [2.05, 4.69) is 35.9 Å². The van der Waals surface area contributed by atoms with Crippen LogP contribution in [0.25, 0.3) is 0 Å². The highest BCUT2D eigenvalue weighted by atomic mass is 79.9. The van der Waals surface area contributed by atoms with Crippen molar-refractivity contribution in [3.8, 4) is 0 Å². The van der Waals surface area contributed by atoms with Crippen LogP contribution in [0.4, 0.5) is 5.82 Å². The van der Waals surface area contributed by atoms with E-state index in [1.165, 1.54) is 12.4 Å². The van der Waals surface area contributed by atoms with Crippen molar-refractivity contribution < 1.29 is 8.42 Å². The van der Waals surface area contributed by atoms with Crippen molar-refractivity contribution in [2.24, 2.45) is 0 Å². The van der Waals surface area contributed by atoms with Crippen LogP contribution in [0.5, 0.6) is 0 Å². The maximum atomic E-state index is 12.2. The first kappa shape index (κ1) is 16.0. The molecular weight excluding hydrogens is 356 g/mol. The zero-order valence-electron chi connectivity index (χ0n) is 11.7. The Hall–Kier alpha value is -1.38. The van der Waals surface area contributed by atoms with Gasteiger partial charge in [0.2, 0.25) is 0 Å². The van der Waals surface area contributed by atoms with Crippen molar-refractivity contribution in [3.05, 3.63) is 40.8 Å². The molecule has 0 aliphatic heterocycles. The molecule has 0 aromatic carbocycles. The van der Waals surface area contributed by atoms with Gasteiger partial charge < -0.3 is 10.3 Å². The number of nitrogens with one attached hydrogen (secondary N) is 3. The first-order chi connectivity index (χ1) is 9.87. The Morgan fingerprint density at radius 3 is 2.76 bits per heavy atom. The smallest absolute Gasteiger partial charge is 0.264 e. The first-order valence-corrected chi connectivity index (χ1v) is 8.69. The molecule has 114 valence electrons. The number of H-pyrrole nitrogens is 1. The van der Waals surface area contributed by atoms with Gasteiger partial charge in [-0.1, -0.05) is 13.8 Å². The molecule has 0 saturated heterocycles. The van der Waals surface area contributed by atoms with Gasteiger partial charge in [0.15, 0.2) is 0 Å². The van der Waals surface area contributed by atoms with Gasteiger partial charge in [0.25, 0.3) is 10.0 Å². The molecule has 0 saturated carbocycles. The molecule has 2 aromatic rings. The van der Waals surface area contributed by atoms with Crippen molar-refractivity contribution >= 4 is 31.8 Å². The number of anilines is 1. The van der Waals surface area contributed by atoms with Crippen LogP contribution < -0.4 is 10.0 Å². The molecule has 0 atom stereocenters. The Bertz CT molecular complexity index is 695. The summed E-state index contributed by atoms with van der Waals surface area (Å²) >= 11 is 3.25. The van der Waals surface area contributed by atoms with Crippen molar-refractivity contribution in [3.63, 3.8) is 0 Å². The first-order valence-electron chi connectivity index (χ1n) is 6.42. The molecule has 0 aliphatic rings. The number of rotatable bonds is 6. The topological polar surface area (TPSA) is 86.9 Å². The number of nitrogens with zero attached hydrogens (tertiary/aromatic N) is 1. The van der Waals surface area contributed by atoms with Crippen molar-refractivity contribution in [1.82, 2.24) is 15.3 Å². The maximum absolute atomic E-state index is 12.2. The maximum Gasteiger partial charge on any atom is 0.264 e. The molecule has 2 aromatic heterocycles. The molecule has 6 nitrogen and oxygen atoms in total. The van der Waals surface area contributed by atoms with Crippen LogP contribution in [0.3, 0.4) is 0 Å². The van der Waals surface area contributed by atoms with Crippen LogP contribution in [0.15, 0.2) is 40.0 Å². The molecule has 0 aliphatic carbocycles. The average molecular weight is 373 g/mol. The predicted octanol–water partition coefficient (Wildman–Crippen LogP) is 2.47. The van der Waals surface area contributed by atoms with Crippen LogP contribution >= 0.6 is 15.9 Å². The van der Waals surface area contributed by atoms with E-state index in [4.69, 9.17) is 0 Å². The second kappa shape index (κ2) is 6.59. The molecule has 0 fully saturated rings. The van der Waals surface area contributed by atoms with E-state index >= 15 is 0 Å². The highest BCUT2D eigenvalue weighted by Gasteiger charge is 2.16. The third-order valence-corrected chi connectivity index (χ3v) is 4.50. The number of hydrogen-bond acceptors (Lipinski definition) is 4. The fourth-order valence-corrected chi connectivity index (χ4v) is 2.88. The predicted molar refractivity (Wildman–Crippen MR) is 85.5 cm³/mol. The highest BCUT2D eigenvalue weighted by molar-refractivity contribution is 9.10. The molecule has 0 unspecified atom stereocenters. The minimum atomic E-state index is -3.63. The summed E-state index contributed by atoms with van der Waals surface area (Å²) in [5.74, 6) is 0.279. The van der Waals surface area contributed by atoms with Gasteiger partial charge in [0.05, 0.1) is 0 Å². The van der Waals surface area contributed by atoms with Crippen LogP contribution in [0, 0.1) is 0 Å². The number of halogens is 1. The van der Waals surface area contributed by atoms with Crippen molar-refractivity contribution in [2.75, 3.05) is 4.72 Å². The van der Waals surface area contributed by atoms with E-state index in [1.807, 2.05) is 13.8 Å². The zero-order chi connectivity index (χ0) is 15.5. The summed E-state index contributed by atoms with van der Waals surface area (Å²) in [6.07, 6.45) is 3.01. The van der Waals surface area contributed by atoms with Crippen LogP contribution in [-0.4, -0.2) is 24.4 Å². The van der Waals surface area contributed by atoms with E-state index in [-0.39, 0.29) is 10.7 Å². The van der Waals surface area contributed by atoms with E-state index in [0.29, 0.717) is 12.6 Å². The Balaban J connectivity index is 2.10. The summed E-state index contributed by atoms with van der Waals surface area (Å²) in [4.78, 5) is 7.14. The monoisotopic (exact) mass is 372 g/mol. The Labute approximate surface area is 132 Å². The third-order valence-electron chi connectivity index (χ3n) is 2.69. The summed E-state index contributed by atoms with van der Waals surface area (Å²) in [5, 5.41) is 3.22. The Kier molecular flexibility index (Phi) is 5.02. The van der Waals surface area contributed by atoms with Crippen molar-refractivity contribution in [1.29, 1.82) is 0 Å². The van der Waals surface area contributed by atoms with Crippen LogP contribution in [0.1, 0.15) is 19.5 Å². The summed E-state index contributed by atoms with van der Waals surface area (Å²) in [6.45, 7) is 4.65. The van der Waals surface area contributed by atoms with Crippen molar-refractivity contribution in [2.45, 2.75) is 31.3 Å². The number of pyridine rings is 1. The largest absolute Gasteiger partial charge is 0.363 e. The normalized spacial score (nSPS) is 11.8. The highest BCUT2D eigenvalue weighted by Crippen LogP contribution is 2.17. The summed E-state index contributed by atoms with van der Waals surface area (Å²) in [6, 6.07) is 5.25. The fourth-order valence-electron chi connectivity index (χ4n) is 1.62. The van der Waals surface area contributed by atoms with E-state index in [0.717, 1.165) is 10.2 Å². The van der Waals surface area contributed by atoms with E-state index in [9.17, 15) is 8.42 Å². The number of hydrogen-bond donors (Lipinski definition) is 3. The molecular formula is C13H17BrN4O2S. The molecule has 3 N–H and O–H groups in total. The molecule has 0 spiro atoms. The lowest BCUT2D eigenvalue weighted by Gasteiger charge is -2.06. The Morgan fingerprint density at radius 1 is 1.38 bits per heavy atom. The van der Waals surface area contributed by atoms with Crippen LogP contribution in [0.2, 0.25) is 0 Å². The fraction of sp³-hybridized carbons (Fsp3) is 0.308. The number of aromatic amines is 1. The molecule has 21 heavy (non-hydrogen) atoms. The minimum absolute atomic E-state index is 0.188. The van der Waals surface area contributed by atoms with Gasteiger partial charge in [-0.05, 0) is 34.1 Å². The lowest BCUT2D eigenvalue weighted by Crippen LogP contribution is -2.21. The SMILES string of the molecule is CC(C)NCc1cc(S(=O)(=O)Nc2ccc(Br)cn2)c[nH]1. The quantitative estimate of drug-likeness (QED) is 0.726. The zero-order valence-corrected chi connectivity index (χ0v) is 14.1. The van der Waals surface area contributed by atoms with E-state index < -0.39 is 10.0 Å². The standard InChI is InChI=1S/C13H17BrN4O2S/c1-9(2)15-7-11-5-12(8-16-11)21(19,20)18-13-4-3-10(14)6-17-13/h3-6,8-9,15-16H,7H2,1-2H3,(H,17,18). The second-order valence-corrected chi connectivity index (χ2v) is 7.46. The molecule has 8 heteroatoms. The van der Waals surface area contributed by atoms with Crippen LogP contribution in [-0.2, 0) is 16.6 Å². The summed E-state index contributed by atoms with van der Waals surface area (Å²) < 4.78 is 27.7.